The molecule has 1 amide bonds. The Morgan fingerprint density at radius 3 is 2.65 bits per heavy atom. The van der Waals surface area contributed by atoms with E-state index in [1.807, 2.05) is 42.6 Å². The summed E-state index contributed by atoms with van der Waals surface area (Å²) in [5.74, 6) is 1.42. The molecule has 0 radical (unpaired) electrons. The number of amides is 1. The van der Waals surface area contributed by atoms with Crippen LogP contribution in [0.15, 0.2) is 59.7 Å². The SMILES string of the molecule is COc1cccc2[nH]cc(CCNC(=NCC(=O)N(C)C)NC(C)c3ccccc3)c12. The van der Waals surface area contributed by atoms with Crippen LogP contribution in [0.25, 0.3) is 10.9 Å². The highest BCUT2D eigenvalue weighted by molar-refractivity contribution is 5.89. The largest absolute Gasteiger partial charge is 0.496 e. The van der Waals surface area contributed by atoms with Gasteiger partial charge in [-0.15, -0.1) is 0 Å². The Morgan fingerprint density at radius 1 is 1.16 bits per heavy atom. The first-order chi connectivity index (χ1) is 15.0. The van der Waals surface area contributed by atoms with E-state index in [0.717, 1.165) is 28.6 Å². The number of fused-ring (bicyclic) bond motifs is 1. The summed E-state index contributed by atoms with van der Waals surface area (Å²) in [5, 5.41) is 7.87. The summed E-state index contributed by atoms with van der Waals surface area (Å²) in [4.78, 5) is 21.4. The third kappa shape index (κ3) is 5.78. The van der Waals surface area contributed by atoms with Crippen molar-refractivity contribution in [3.05, 3.63) is 65.9 Å². The van der Waals surface area contributed by atoms with Gasteiger partial charge in [-0.2, -0.15) is 0 Å². The Bertz CT molecular complexity index is 1030. The van der Waals surface area contributed by atoms with Crippen molar-refractivity contribution in [2.45, 2.75) is 19.4 Å². The molecule has 0 aliphatic carbocycles. The summed E-state index contributed by atoms with van der Waals surface area (Å²) in [6, 6.07) is 16.2. The molecule has 7 heteroatoms. The van der Waals surface area contributed by atoms with E-state index < -0.39 is 0 Å². The number of benzene rings is 2. The topological polar surface area (TPSA) is 81.7 Å². The summed E-state index contributed by atoms with van der Waals surface area (Å²) in [5.41, 5.74) is 3.37. The summed E-state index contributed by atoms with van der Waals surface area (Å²) in [6.07, 6.45) is 2.80. The maximum absolute atomic E-state index is 12.0. The summed E-state index contributed by atoms with van der Waals surface area (Å²) in [6.45, 7) is 2.82. The van der Waals surface area contributed by atoms with Crippen LogP contribution in [-0.2, 0) is 11.2 Å². The van der Waals surface area contributed by atoms with Crippen molar-refractivity contribution in [2.24, 2.45) is 4.99 Å². The molecule has 7 nitrogen and oxygen atoms in total. The van der Waals surface area contributed by atoms with Crippen molar-refractivity contribution in [1.82, 2.24) is 20.5 Å². The number of aromatic nitrogens is 1. The van der Waals surface area contributed by atoms with Crippen LogP contribution < -0.4 is 15.4 Å². The van der Waals surface area contributed by atoms with Crippen LogP contribution in [-0.4, -0.2) is 56.0 Å². The average molecular weight is 422 g/mol. The zero-order valence-corrected chi connectivity index (χ0v) is 18.6. The van der Waals surface area contributed by atoms with Crippen LogP contribution >= 0.6 is 0 Å². The Morgan fingerprint density at radius 2 is 1.94 bits per heavy atom. The number of aliphatic imine (C=N–C) groups is 1. The van der Waals surface area contributed by atoms with Crippen molar-refractivity contribution in [1.29, 1.82) is 0 Å². The number of carbonyl (C=O) groups excluding carboxylic acids is 1. The number of methoxy groups -OCH3 is 1. The second-order valence-corrected chi connectivity index (χ2v) is 7.60. The fraction of sp³-hybridized carbons (Fsp3) is 0.333. The van der Waals surface area contributed by atoms with E-state index in [1.54, 1.807) is 26.1 Å². The maximum Gasteiger partial charge on any atom is 0.243 e. The molecule has 3 N–H and O–H groups in total. The molecule has 1 heterocycles. The molecule has 3 rings (SSSR count). The predicted molar refractivity (Wildman–Crippen MR) is 126 cm³/mol. The normalized spacial score (nSPS) is 12.5. The van der Waals surface area contributed by atoms with Crippen molar-refractivity contribution >= 4 is 22.8 Å². The van der Waals surface area contributed by atoms with Gasteiger partial charge in [-0.1, -0.05) is 36.4 Å². The van der Waals surface area contributed by atoms with Gasteiger partial charge in [-0.3, -0.25) is 4.79 Å². The van der Waals surface area contributed by atoms with Gasteiger partial charge >= 0.3 is 0 Å². The van der Waals surface area contributed by atoms with E-state index in [4.69, 9.17) is 4.74 Å². The standard InChI is InChI=1S/C24H31N5O2/c1-17(18-9-6-5-7-10-18)28-24(27-16-22(30)29(2)3)25-14-13-19-15-26-20-11-8-12-21(31-4)23(19)20/h5-12,15,17,26H,13-14,16H2,1-4H3,(H2,25,27,28). The van der Waals surface area contributed by atoms with Crippen LogP contribution in [0.2, 0.25) is 0 Å². The van der Waals surface area contributed by atoms with Gasteiger partial charge < -0.3 is 25.3 Å². The second-order valence-electron chi connectivity index (χ2n) is 7.60. The quantitative estimate of drug-likeness (QED) is 0.386. The molecular weight excluding hydrogens is 390 g/mol. The van der Waals surface area contributed by atoms with Crippen LogP contribution in [0, 0.1) is 0 Å². The number of carbonyl (C=O) groups is 1. The molecule has 0 aliphatic rings. The van der Waals surface area contributed by atoms with E-state index in [9.17, 15) is 4.79 Å². The lowest BCUT2D eigenvalue weighted by Gasteiger charge is -2.19. The highest BCUT2D eigenvalue weighted by atomic mass is 16.5. The third-order valence-electron chi connectivity index (χ3n) is 5.18. The van der Waals surface area contributed by atoms with Crippen LogP contribution in [0.4, 0.5) is 0 Å². The number of rotatable bonds is 8. The molecule has 0 saturated carbocycles. The molecule has 3 aromatic rings. The number of aromatic amines is 1. The van der Waals surface area contributed by atoms with E-state index in [1.165, 1.54) is 5.56 Å². The number of guanidine groups is 1. The predicted octanol–water partition coefficient (Wildman–Crippen LogP) is 3.10. The zero-order chi connectivity index (χ0) is 22.2. The minimum atomic E-state index is -0.0465. The lowest BCUT2D eigenvalue weighted by molar-refractivity contribution is -0.127. The minimum absolute atomic E-state index is 0.0465. The molecule has 1 aromatic heterocycles. The van der Waals surface area contributed by atoms with Gasteiger partial charge in [0.05, 0.1) is 13.2 Å². The van der Waals surface area contributed by atoms with Gasteiger partial charge in [0.15, 0.2) is 5.96 Å². The lowest BCUT2D eigenvalue weighted by atomic mass is 10.1. The first-order valence-corrected chi connectivity index (χ1v) is 10.4. The Balaban J connectivity index is 1.69. The lowest BCUT2D eigenvalue weighted by Crippen LogP contribution is -2.40. The van der Waals surface area contributed by atoms with E-state index >= 15 is 0 Å². The number of nitrogens with zero attached hydrogens (tertiary/aromatic N) is 2. The zero-order valence-electron chi connectivity index (χ0n) is 18.6. The molecular formula is C24H31N5O2. The number of nitrogens with one attached hydrogen (secondary N) is 3. The van der Waals surface area contributed by atoms with Crippen LogP contribution in [0.5, 0.6) is 5.75 Å². The first kappa shape index (κ1) is 22.2. The number of H-pyrrole nitrogens is 1. The van der Waals surface area contributed by atoms with E-state index in [0.29, 0.717) is 12.5 Å². The monoisotopic (exact) mass is 421 g/mol. The van der Waals surface area contributed by atoms with Crippen LogP contribution in [0.3, 0.4) is 0 Å². The molecule has 31 heavy (non-hydrogen) atoms. The van der Waals surface area contributed by atoms with Gasteiger partial charge in [-0.25, -0.2) is 4.99 Å². The number of hydrogen-bond acceptors (Lipinski definition) is 3. The Hall–Kier alpha value is -3.48. The average Bonchev–Trinajstić information content (AvgIpc) is 3.20. The summed E-state index contributed by atoms with van der Waals surface area (Å²) < 4.78 is 5.52. The minimum Gasteiger partial charge on any atom is -0.496 e. The van der Waals surface area contributed by atoms with Gasteiger partial charge in [0.2, 0.25) is 5.91 Å². The molecule has 0 spiro atoms. The smallest absolute Gasteiger partial charge is 0.243 e. The fourth-order valence-electron chi connectivity index (χ4n) is 3.37. The Kier molecular flexibility index (Phi) is 7.54. The first-order valence-electron chi connectivity index (χ1n) is 10.4. The molecule has 0 fully saturated rings. The van der Waals surface area contributed by atoms with Gasteiger partial charge in [0.1, 0.15) is 12.3 Å². The van der Waals surface area contributed by atoms with Crippen molar-refractivity contribution in [2.75, 3.05) is 34.3 Å². The van der Waals surface area contributed by atoms with Crippen molar-refractivity contribution < 1.29 is 9.53 Å². The van der Waals surface area contributed by atoms with Gasteiger partial charge in [-0.05, 0) is 36.6 Å². The van der Waals surface area contributed by atoms with Crippen molar-refractivity contribution in [3.63, 3.8) is 0 Å². The summed E-state index contributed by atoms with van der Waals surface area (Å²) in [7, 11) is 5.15. The molecule has 0 saturated heterocycles. The third-order valence-corrected chi connectivity index (χ3v) is 5.18. The van der Waals surface area contributed by atoms with Crippen LogP contribution in [0.1, 0.15) is 24.1 Å². The van der Waals surface area contributed by atoms with Crippen molar-refractivity contribution in [3.8, 4) is 5.75 Å². The van der Waals surface area contributed by atoms with Gasteiger partial charge in [0.25, 0.3) is 0 Å². The maximum atomic E-state index is 12.0. The highest BCUT2D eigenvalue weighted by Gasteiger charge is 2.12. The molecule has 1 unspecified atom stereocenters. The second kappa shape index (κ2) is 10.5. The highest BCUT2D eigenvalue weighted by Crippen LogP contribution is 2.28. The molecule has 1 atom stereocenters. The molecule has 0 bridgehead atoms. The molecule has 2 aromatic carbocycles. The fourth-order valence-corrected chi connectivity index (χ4v) is 3.37. The van der Waals surface area contributed by atoms with E-state index in [-0.39, 0.29) is 18.5 Å². The molecule has 164 valence electrons. The number of likely N-dealkylation sites (N-methyl/N-ethyl adjacent to an activating group) is 1. The summed E-state index contributed by atoms with van der Waals surface area (Å²) >= 11 is 0. The Labute approximate surface area is 183 Å². The van der Waals surface area contributed by atoms with E-state index in [2.05, 4.69) is 39.7 Å². The number of ether oxygens (including phenoxy) is 1. The molecule has 0 aliphatic heterocycles. The number of hydrogen-bond donors (Lipinski definition) is 3. The van der Waals surface area contributed by atoms with Gasteiger partial charge in [0, 0.05) is 37.7 Å².